The summed E-state index contributed by atoms with van der Waals surface area (Å²) >= 11 is 6.42. The van der Waals surface area contributed by atoms with Gasteiger partial charge < -0.3 is 0 Å². The first-order valence-electron chi connectivity index (χ1n) is 7.87. The molecule has 0 spiro atoms. The molecule has 0 fully saturated rings. The molecule has 4 aromatic rings. The van der Waals surface area contributed by atoms with Crippen molar-refractivity contribution in [3.8, 4) is 0 Å². The summed E-state index contributed by atoms with van der Waals surface area (Å²) in [6, 6.07) is 24.8. The molecule has 0 saturated carbocycles. The molecule has 0 aliphatic rings. The van der Waals surface area contributed by atoms with Crippen LogP contribution in [0.15, 0.2) is 85.1 Å². The van der Waals surface area contributed by atoms with Gasteiger partial charge in [0, 0.05) is 6.20 Å². The highest BCUT2D eigenvalue weighted by Gasteiger charge is 2.30. The summed E-state index contributed by atoms with van der Waals surface area (Å²) in [5, 5.41) is 2.39. The van der Waals surface area contributed by atoms with E-state index in [1.165, 1.54) is 10.6 Å². The molecule has 0 aliphatic heterocycles. The number of aromatic nitrogens is 2. The lowest BCUT2D eigenvalue weighted by molar-refractivity contribution is 1.22. The Kier molecular flexibility index (Phi) is 5.10. The number of pyridine rings is 1. The van der Waals surface area contributed by atoms with Gasteiger partial charge in [-0.05, 0) is 29.7 Å². The predicted octanol–water partition coefficient (Wildman–Crippen LogP) is 3.82. The monoisotopic (exact) mass is 384 g/mol. The maximum absolute atomic E-state index is 6.42. The third kappa shape index (κ3) is 2.93. The third-order valence-corrected chi connectivity index (χ3v) is 9.18. The van der Waals surface area contributed by atoms with Crippen molar-refractivity contribution in [1.82, 2.24) is 9.38 Å². The first kappa shape index (κ1) is 17.9. The smallest absolute Gasteiger partial charge is 0.137 e. The van der Waals surface area contributed by atoms with E-state index in [0.29, 0.717) is 0 Å². The third-order valence-electron chi connectivity index (χ3n) is 4.21. The van der Waals surface area contributed by atoms with Crippen LogP contribution in [-0.4, -0.2) is 9.38 Å². The van der Waals surface area contributed by atoms with Crippen LogP contribution < -0.4 is 16.0 Å². The minimum atomic E-state index is -2.18. The zero-order valence-corrected chi connectivity index (χ0v) is 16.3. The van der Waals surface area contributed by atoms with E-state index in [1.807, 2.05) is 30.3 Å². The Labute approximate surface area is 159 Å². The van der Waals surface area contributed by atoms with Crippen molar-refractivity contribution >= 4 is 51.9 Å². The summed E-state index contributed by atoms with van der Waals surface area (Å²) in [4.78, 5) is 4.75. The molecule has 2 aromatic carbocycles. The second-order valence-corrected chi connectivity index (χ2v) is 10.0. The van der Waals surface area contributed by atoms with Gasteiger partial charge in [0.25, 0.3) is 0 Å². The molecular formula is C20H18ClN2PS. The van der Waals surface area contributed by atoms with Crippen LogP contribution in [0.3, 0.4) is 0 Å². The summed E-state index contributed by atoms with van der Waals surface area (Å²) < 4.78 is 2.16. The van der Waals surface area contributed by atoms with E-state index in [-0.39, 0.29) is 12.4 Å². The van der Waals surface area contributed by atoms with Crippen molar-refractivity contribution in [3.63, 3.8) is 0 Å². The van der Waals surface area contributed by atoms with Crippen molar-refractivity contribution < 1.29 is 0 Å². The van der Waals surface area contributed by atoms with Crippen molar-refractivity contribution in [2.45, 2.75) is 6.92 Å². The molecule has 2 aromatic heterocycles. The Hall–Kier alpha value is -1.93. The van der Waals surface area contributed by atoms with Gasteiger partial charge in [-0.3, -0.25) is 4.40 Å². The van der Waals surface area contributed by atoms with E-state index in [4.69, 9.17) is 16.8 Å². The normalized spacial score (nSPS) is 11.2. The Balaban J connectivity index is 0.00000182. The highest BCUT2D eigenvalue weighted by Crippen LogP contribution is 2.43. The fourth-order valence-electron chi connectivity index (χ4n) is 3.15. The van der Waals surface area contributed by atoms with Crippen LogP contribution in [0.25, 0.3) is 5.65 Å². The second kappa shape index (κ2) is 7.13. The lowest BCUT2D eigenvalue weighted by Gasteiger charge is -2.24. The van der Waals surface area contributed by atoms with Gasteiger partial charge in [0.1, 0.15) is 5.65 Å². The number of imidazole rings is 1. The van der Waals surface area contributed by atoms with Crippen LogP contribution in [0.4, 0.5) is 0 Å². The molecule has 2 heterocycles. The van der Waals surface area contributed by atoms with E-state index < -0.39 is 6.04 Å². The van der Waals surface area contributed by atoms with Gasteiger partial charge in [-0.25, -0.2) is 4.98 Å². The van der Waals surface area contributed by atoms with Gasteiger partial charge in [0.15, 0.2) is 0 Å². The first-order chi connectivity index (χ1) is 11.7. The van der Waals surface area contributed by atoms with Crippen molar-refractivity contribution in [2.24, 2.45) is 0 Å². The molecule has 0 amide bonds. The largest absolute Gasteiger partial charge is 0.298 e. The molecular weight excluding hydrogens is 367 g/mol. The zero-order valence-electron chi connectivity index (χ0n) is 13.7. The number of halogens is 1. The molecule has 0 radical (unpaired) electrons. The molecule has 0 atom stereocenters. The molecule has 5 heteroatoms. The minimum Gasteiger partial charge on any atom is -0.298 e. The molecule has 25 heavy (non-hydrogen) atoms. The number of hydrogen-bond donors (Lipinski definition) is 0. The molecule has 0 unspecified atom stereocenters. The Morgan fingerprint density at radius 1 is 0.800 bits per heavy atom. The molecule has 2 nitrogen and oxygen atoms in total. The molecule has 0 bridgehead atoms. The van der Waals surface area contributed by atoms with Crippen LogP contribution >= 0.6 is 18.4 Å². The van der Waals surface area contributed by atoms with Gasteiger partial charge in [0.05, 0.1) is 17.2 Å². The SMILES string of the molecule is Cc1nc2ccccn2c1P(=S)(c1ccccc1)c1ccccc1.Cl. The molecule has 0 aliphatic carbocycles. The van der Waals surface area contributed by atoms with Gasteiger partial charge in [-0.1, -0.05) is 78.5 Å². The highest BCUT2D eigenvalue weighted by atomic mass is 35.5. The number of rotatable bonds is 3. The summed E-state index contributed by atoms with van der Waals surface area (Å²) in [5.41, 5.74) is 3.11. The summed E-state index contributed by atoms with van der Waals surface area (Å²) in [6.07, 6.45) is 2.07. The number of fused-ring (bicyclic) bond motifs is 1. The van der Waals surface area contributed by atoms with Gasteiger partial charge in [0.2, 0.25) is 0 Å². The van der Waals surface area contributed by atoms with Crippen LogP contribution in [0.1, 0.15) is 5.69 Å². The van der Waals surface area contributed by atoms with Crippen LogP contribution in [-0.2, 0) is 11.8 Å². The minimum absolute atomic E-state index is 0. The van der Waals surface area contributed by atoms with Crippen LogP contribution in [0, 0.1) is 6.92 Å². The molecule has 0 N–H and O–H groups in total. The van der Waals surface area contributed by atoms with E-state index in [0.717, 1.165) is 16.8 Å². The Bertz CT molecular complexity index is 1000. The fraction of sp³-hybridized carbons (Fsp3) is 0.0500. The second-order valence-electron chi connectivity index (χ2n) is 5.73. The zero-order chi connectivity index (χ0) is 16.6. The highest BCUT2D eigenvalue weighted by molar-refractivity contribution is 8.25. The maximum atomic E-state index is 6.42. The summed E-state index contributed by atoms with van der Waals surface area (Å²) in [6.45, 7) is 2.06. The molecule has 126 valence electrons. The summed E-state index contributed by atoms with van der Waals surface area (Å²) in [7, 11) is 0. The van der Waals surface area contributed by atoms with Crippen molar-refractivity contribution in [1.29, 1.82) is 0 Å². The van der Waals surface area contributed by atoms with E-state index in [1.54, 1.807) is 0 Å². The van der Waals surface area contributed by atoms with E-state index in [2.05, 4.69) is 66.1 Å². The molecule has 4 rings (SSSR count). The lowest BCUT2D eigenvalue weighted by atomic mass is 10.4. The first-order valence-corrected chi connectivity index (χ1v) is 10.7. The maximum Gasteiger partial charge on any atom is 0.137 e. The number of benzene rings is 2. The van der Waals surface area contributed by atoms with Gasteiger partial charge in [-0.15, -0.1) is 12.4 Å². The van der Waals surface area contributed by atoms with Crippen LogP contribution in [0.2, 0.25) is 0 Å². The fourth-order valence-corrected chi connectivity index (χ4v) is 7.49. The Morgan fingerprint density at radius 3 is 1.88 bits per heavy atom. The van der Waals surface area contributed by atoms with Crippen molar-refractivity contribution in [3.05, 3.63) is 90.8 Å². The topological polar surface area (TPSA) is 17.3 Å². The van der Waals surface area contributed by atoms with Crippen LogP contribution in [0.5, 0.6) is 0 Å². The van der Waals surface area contributed by atoms with Gasteiger partial charge >= 0.3 is 0 Å². The number of nitrogens with zero attached hydrogens (tertiary/aromatic N) is 2. The Morgan fingerprint density at radius 2 is 1.32 bits per heavy atom. The number of aryl methyl sites for hydroxylation is 1. The van der Waals surface area contributed by atoms with Gasteiger partial charge in [-0.2, -0.15) is 0 Å². The predicted molar refractivity (Wildman–Crippen MR) is 113 cm³/mol. The number of hydrogen-bond acceptors (Lipinski definition) is 2. The van der Waals surface area contributed by atoms with E-state index >= 15 is 0 Å². The molecule has 0 saturated heterocycles. The average Bonchev–Trinajstić information content (AvgIpc) is 2.99. The average molecular weight is 385 g/mol. The van der Waals surface area contributed by atoms with Crippen molar-refractivity contribution in [2.75, 3.05) is 0 Å². The van der Waals surface area contributed by atoms with E-state index in [9.17, 15) is 0 Å². The summed E-state index contributed by atoms with van der Waals surface area (Å²) in [5.74, 6) is 0. The standard InChI is InChI=1S/C20H17N2PS.ClH/c1-16-20(22-15-9-8-14-19(22)21-16)23(24,17-10-4-2-5-11-17)18-12-6-3-7-13-18;/h2-15H,1H3;1H. The lowest BCUT2D eigenvalue weighted by Crippen LogP contribution is -2.28. The quantitative estimate of drug-likeness (QED) is 0.499.